The van der Waals surface area contributed by atoms with Crippen molar-refractivity contribution in [3.8, 4) is 5.75 Å². The van der Waals surface area contributed by atoms with Crippen LogP contribution in [0.4, 0.5) is 4.39 Å². The number of aryl methyl sites for hydroxylation is 1. The number of benzene rings is 1. The fourth-order valence-corrected chi connectivity index (χ4v) is 2.32. The molecule has 0 aliphatic rings. The lowest BCUT2D eigenvalue weighted by atomic mass is 10.3. The summed E-state index contributed by atoms with van der Waals surface area (Å²) in [6.45, 7) is 2.78. The first kappa shape index (κ1) is 14.5. The molecule has 0 radical (unpaired) electrons. The van der Waals surface area contributed by atoms with Gasteiger partial charge < -0.3 is 4.74 Å². The summed E-state index contributed by atoms with van der Waals surface area (Å²) in [4.78, 5) is -0.375. The van der Waals surface area contributed by atoms with Gasteiger partial charge in [0, 0.05) is 18.3 Å². The van der Waals surface area contributed by atoms with Gasteiger partial charge in [0.2, 0.25) is 10.0 Å². The summed E-state index contributed by atoms with van der Waals surface area (Å²) in [6.07, 6.45) is 3.39. The van der Waals surface area contributed by atoms with Crippen LogP contribution in [0.3, 0.4) is 0 Å². The number of primary sulfonamides is 1. The van der Waals surface area contributed by atoms with E-state index in [1.165, 1.54) is 6.07 Å². The Morgan fingerprint density at radius 3 is 2.80 bits per heavy atom. The number of hydrogen-bond acceptors (Lipinski definition) is 4. The van der Waals surface area contributed by atoms with Crippen molar-refractivity contribution in [2.24, 2.45) is 5.14 Å². The fourth-order valence-electron chi connectivity index (χ4n) is 1.64. The normalized spacial score (nSPS) is 11.6. The van der Waals surface area contributed by atoms with Crippen molar-refractivity contribution in [3.63, 3.8) is 0 Å². The Morgan fingerprint density at radius 1 is 1.45 bits per heavy atom. The van der Waals surface area contributed by atoms with E-state index < -0.39 is 15.8 Å². The van der Waals surface area contributed by atoms with Gasteiger partial charge in [-0.05, 0) is 25.1 Å². The van der Waals surface area contributed by atoms with Crippen LogP contribution in [-0.2, 0) is 23.2 Å². The molecule has 0 unspecified atom stereocenters. The monoisotopic (exact) mass is 299 g/mol. The van der Waals surface area contributed by atoms with E-state index in [-0.39, 0.29) is 17.3 Å². The molecule has 0 aliphatic carbocycles. The Hall–Kier alpha value is -1.93. The van der Waals surface area contributed by atoms with Gasteiger partial charge in [0.05, 0.1) is 6.20 Å². The lowest BCUT2D eigenvalue weighted by Gasteiger charge is -2.09. The van der Waals surface area contributed by atoms with Crippen LogP contribution >= 0.6 is 0 Å². The molecule has 0 amide bonds. The van der Waals surface area contributed by atoms with E-state index in [1.54, 1.807) is 17.1 Å². The molecule has 108 valence electrons. The van der Waals surface area contributed by atoms with Crippen molar-refractivity contribution in [2.75, 3.05) is 0 Å². The van der Waals surface area contributed by atoms with E-state index in [2.05, 4.69) is 5.10 Å². The minimum Gasteiger partial charge on any atom is -0.487 e. The molecule has 1 heterocycles. The molecule has 2 rings (SSSR count). The summed E-state index contributed by atoms with van der Waals surface area (Å²) in [6, 6.07) is 3.18. The average molecular weight is 299 g/mol. The third-order valence-corrected chi connectivity index (χ3v) is 3.55. The SMILES string of the molecule is CCn1cc(COc2ccc(F)cc2S(N)(=O)=O)cn1. The molecule has 1 aromatic carbocycles. The van der Waals surface area contributed by atoms with Crippen LogP contribution in [0.2, 0.25) is 0 Å². The number of hydrogen-bond donors (Lipinski definition) is 1. The number of halogens is 1. The van der Waals surface area contributed by atoms with Gasteiger partial charge in [-0.1, -0.05) is 0 Å². The number of sulfonamides is 1. The van der Waals surface area contributed by atoms with E-state index in [1.807, 2.05) is 6.92 Å². The van der Waals surface area contributed by atoms with Crippen LogP contribution < -0.4 is 9.88 Å². The Balaban J connectivity index is 2.21. The van der Waals surface area contributed by atoms with Gasteiger partial charge in [0.15, 0.2) is 0 Å². The molecule has 8 heteroatoms. The first-order valence-electron chi connectivity index (χ1n) is 5.86. The molecule has 0 saturated heterocycles. The van der Waals surface area contributed by atoms with Crippen LogP contribution in [0.5, 0.6) is 5.75 Å². The first-order valence-corrected chi connectivity index (χ1v) is 7.41. The number of nitrogens with zero attached hydrogens (tertiary/aromatic N) is 2. The van der Waals surface area contributed by atoms with Crippen LogP contribution in [0.1, 0.15) is 12.5 Å². The summed E-state index contributed by atoms with van der Waals surface area (Å²) in [5.41, 5.74) is 0.775. The number of aromatic nitrogens is 2. The van der Waals surface area contributed by atoms with Gasteiger partial charge in [0.1, 0.15) is 23.1 Å². The number of ether oxygens (including phenoxy) is 1. The third-order valence-electron chi connectivity index (χ3n) is 2.62. The van der Waals surface area contributed by atoms with Crippen LogP contribution in [-0.4, -0.2) is 18.2 Å². The first-order chi connectivity index (χ1) is 9.40. The van der Waals surface area contributed by atoms with Crippen molar-refractivity contribution in [1.82, 2.24) is 9.78 Å². The van der Waals surface area contributed by atoms with Gasteiger partial charge in [-0.2, -0.15) is 5.10 Å². The van der Waals surface area contributed by atoms with Gasteiger partial charge in [-0.3, -0.25) is 4.68 Å². The number of nitrogens with two attached hydrogens (primary N) is 1. The molecular formula is C12H14FN3O3S. The average Bonchev–Trinajstić information content (AvgIpc) is 2.84. The van der Waals surface area contributed by atoms with Crippen LogP contribution in [0.25, 0.3) is 0 Å². The lowest BCUT2D eigenvalue weighted by Crippen LogP contribution is -2.14. The second kappa shape index (κ2) is 5.59. The molecule has 0 atom stereocenters. The molecule has 0 saturated carbocycles. The summed E-state index contributed by atoms with van der Waals surface area (Å²) in [7, 11) is -4.05. The van der Waals surface area contributed by atoms with E-state index in [4.69, 9.17) is 9.88 Å². The van der Waals surface area contributed by atoms with E-state index in [0.29, 0.717) is 0 Å². The highest BCUT2D eigenvalue weighted by atomic mass is 32.2. The highest BCUT2D eigenvalue weighted by Gasteiger charge is 2.16. The highest BCUT2D eigenvalue weighted by Crippen LogP contribution is 2.24. The van der Waals surface area contributed by atoms with Crippen LogP contribution in [0, 0.1) is 5.82 Å². The molecule has 1 aromatic heterocycles. The maximum atomic E-state index is 13.1. The second-order valence-electron chi connectivity index (χ2n) is 4.13. The summed E-state index contributed by atoms with van der Waals surface area (Å²) < 4.78 is 43.0. The van der Waals surface area contributed by atoms with Gasteiger partial charge in [0.25, 0.3) is 0 Å². The molecule has 2 N–H and O–H groups in total. The zero-order valence-electron chi connectivity index (χ0n) is 10.8. The highest BCUT2D eigenvalue weighted by molar-refractivity contribution is 7.89. The summed E-state index contributed by atoms with van der Waals surface area (Å²) >= 11 is 0. The van der Waals surface area contributed by atoms with Gasteiger partial charge >= 0.3 is 0 Å². The standard InChI is InChI=1S/C12H14FN3O3S/c1-2-16-7-9(6-15-16)8-19-11-4-3-10(13)5-12(11)20(14,17)18/h3-7H,2,8H2,1H3,(H2,14,17,18). The predicted octanol–water partition coefficient (Wildman–Crippen LogP) is 1.27. The topological polar surface area (TPSA) is 87.2 Å². The van der Waals surface area contributed by atoms with E-state index in [0.717, 1.165) is 24.2 Å². The molecule has 6 nitrogen and oxygen atoms in total. The van der Waals surface area contributed by atoms with Crippen LogP contribution in [0.15, 0.2) is 35.5 Å². The second-order valence-corrected chi connectivity index (χ2v) is 5.66. The Morgan fingerprint density at radius 2 is 2.20 bits per heavy atom. The zero-order valence-corrected chi connectivity index (χ0v) is 11.6. The number of rotatable bonds is 5. The molecule has 0 fully saturated rings. The minimum absolute atomic E-state index is 0.0122. The van der Waals surface area contributed by atoms with Crippen molar-refractivity contribution >= 4 is 10.0 Å². The maximum Gasteiger partial charge on any atom is 0.241 e. The molecule has 0 aliphatic heterocycles. The molecule has 20 heavy (non-hydrogen) atoms. The quantitative estimate of drug-likeness (QED) is 0.900. The molecule has 0 spiro atoms. The molecule has 0 bridgehead atoms. The Kier molecular flexibility index (Phi) is 4.05. The predicted molar refractivity (Wildman–Crippen MR) is 70.0 cm³/mol. The molecular weight excluding hydrogens is 285 g/mol. The zero-order chi connectivity index (χ0) is 14.8. The molecule has 2 aromatic rings. The smallest absolute Gasteiger partial charge is 0.241 e. The Labute approximate surface area is 116 Å². The van der Waals surface area contributed by atoms with Crippen molar-refractivity contribution in [1.29, 1.82) is 0 Å². The van der Waals surface area contributed by atoms with E-state index in [9.17, 15) is 12.8 Å². The van der Waals surface area contributed by atoms with Crippen molar-refractivity contribution in [3.05, 3.63) is 42.0 Å². The van der Waals surface area contributed by atoms with E-state index >= 15 is 0 Å². The van der Waals surface area contributed by atoms with Gasteiger partial charge in [-0.15, -0.1) is 0 Å². The fraction of sp³-hybridized carbons (Fsp3) is 0.250. The van der Waals surface area contributed by atoms with Gasteiger partial charge in [-0.25, -0.2) is 17.9 Å². The van der Waals surface area contributed by atoms with Crippen molar-refractivity contribution < 1.29 is 17.5 Å². The Bertz CT molecular complexity index is 712. The summed E-state index contributed by atoms with van der Waals surface area (Å²) in [5, 5.41) is 9.10. The maximum absolute atomic E-state index is 13.1. The lowest BCUT2D eigenvalue weighted by molar-refractivity contribution is 0.297. The van der Waals surface area contributed by atoms with Crippen molar-refractivity contribution in [2.45, 2.75) is 25.0 Å². The largest absolute Gasteiger partial charge is 0.487 e. The third kappa shape index (κ3) is 3.34. The summed E-state index contributed by atoms with van der Waals surface area (Å²) in [5.74, 6) is -0.682. The minimum atomic E-state index is -4.05.